The molecule has 0 aromatic rings. The first-order valence-electron chi connectivity index (χ1n) is 3.89. The molecular formula is C7H14ClF2NO. The number of ether oxygens (including phenoxy) is 1. The van der Waals surface area contributed by atoms with E-state index >= 15 is 0 Å². The highest BCUT2D eigenvalue weighted by molar-refractivity contribution is 5.85. The number of rotatable bonds is 2. The lowest BCUT2D eigenvalue weighted by Gasteiger charge is -2.27. The van der Waals surface area contributed by atoms with Crippen molar-refractivity contribution >= 4 is 12.4 Å². The Morgan fingerprint density at radius 3 is 2.33 bits per heavy atom. The minimum absolute atomic E-state index is 0. The predicted octanol–water partition coefficient (Wildman–Crippen LogP) is 1.92. The van der Waals surface area contributed by atoms with Gasteiger partial charge in [-0.1, -0.05) is 12.8 Å². The lowest BCUT2D eigenvalue weighted by molar-refractivity contribution is -0.173. The van der Waals surface area contributed by atoms with Crippen LogP contribution in [0.5, 0.6) is 0 Å². The summed E-state index contributed by atoms with van der Waals surface area (Å²) in [6.45, 7) is -2.68. The molecule has 1 fully saturated rings. The molecule has 2 unspecified atom stereocenters. The van der Waals surface area contributed by atoms with Gasteiger partial charge in [-0.2, -0.15) is 8.78 Å². The van der Waals surface area contributed by atoms with Crippen LogP contribution < -0.4 is 5.73 Å². The van der Waals surface area contributed by atoms with E-state index in [0.717, 1.165) is 19.3 Å². The van der Waals surface area contributed by atoms with Crippen molar-refractivity contribution in [1.29, 1.82) is 0 Å². The summed E-state index contributed by atoms with van der Waals surface area (Å²) < 4.78 is 27.8. The van der Waals surface area contributed by atoms with Gasteiger partial charge in [0.05, 0.1) is 6.10 Å². The average Bonchev–Trinajstić information content (AvgIpc) is 1.93. The Morgan fingerprint density at radius 1 is 1.25 bits per heavy atom. The Balaban J connectivity index is 0.00000121. The number of hydrogen-bond acceptors (Lipinski definition) is 2. The van der Waals surface area contributed by atoms with Crippen LogP contribution in [0.2, 0.25) is 0 Å². The first kappa shape index (κ1) is 12.1. The van der Waals surface area contributed by atoms with Crippen LogP contribution in [0.1, 0.15) is 25.7 Å². The van der Waals surface area contributed by atoms with E-state index in [1.165, 1.54) is 0 Å². The van der Waals surface area contributed by atoms with Crippen molar-refractivity contribution in [3.8, 4) is 0 Å². The summed E-state index contributed by atoms with van der Waals surface area (Å²) in [6.07, 6.45) is 3.03. The molecular weight excluding hydrogens is 188 g/mol. The second-order valence-electron chi connectivity index (χ2n) is 2.88. The van der Waals surface area contributed by atoms with Gasteiger partial charge >= 0.3 is 6.61 Å². The van der Waals surface area contributed by atoms with Crippen LogP contribution >= 0.6 is 12.4 Å². The lowest BCUT2D eigenvalue weighted by atomic mass is 9.93. The maximum Gasteiger partial charge on any atom is 0.345 e. The number of alkyl halides is 2. The summed E-state index contributed by atoms with van der Waals surface area (Å²) in [4.78, 5) is 0. The standard InChI is InChI=1S/C7H13F2NO.ClH/c8-7(9)11-6-4-2-1-3-5(6)10;/h5-7H,1-4,10H2;1H. The molecule has 5 heteroatoms. The van der Waals surface area contributed by atoms with Crippen LogP contribution in [0.25, 0.3) is 0 Å². The van der Waals surface area contributed by atoms with E-state index in [4.69, 9.17) is 5.73 Å². The zero-order valence-electron chi connectivity index (χ0n) is 6.71. The smallest absolute Gasteiger partial charge is 0.325 e. The highest BCUT2D eigenvalue weighted by Gasteiger charge is 2.24. The van der Waals surface area contributed by atoms with Crippen molar-refractivity contribution in [3.05, 3.63) is 0 Å². The molecule has 74 valence electrons. The van der Waals surface area contributed by atoms with Gasteiger partial charge in [0.25, 0.3) is 0 Å². The quantitative estimate of drug-likeness (QED) is 0.741. The summed E-state index contributed by atoms with van der Waals surface area (Å²) in [6, 6.07) is -0.197. The molecule has 2 N–H and O–H groups in total. The molecule has 0 aromatic carbocycles. The molecule has 1 saturated carbocycles. The van der Waals surface area contributed by atoms with Gasteiger partial charge < -0.3 is 10.5 Å². The third-order valence-corrected chi connectivity index (χ3v) is 2.03. The highest BCUT2D eigenvalue weighted by Crippen LogP contribution is 2.21. The topological polar surface area (TPSA) is 35.2 Å². The van der Waals surface area contributed by atoms with Crippen LogP contribution in [0.15, 0.2) is 0 Å². The molecule has 12 heavy (non-hydrogen) atoms. The van der Waals surface area contributed by atoms with Crippen molar-refractivity contribution in [2.45, 2.75) is 44.4 Å². The van der Waals surface area contributed by atoms with Crippen molar-refractivity contribution in [1.82, 2.24) is 0 Å². The predicted molar refractivity (Wildman–Crippen MR) is 44.6 cm³/mol. The molecule has 0 radical (unpaired) electrons. The van der Waals surface area contributed by atoms with Crippen molar-refractivity contribution in [3.63, 3.8) is 0 Å². The highest BCUT2D eigenvalue weighted by atomic mass is 35.5. The van der Waals surface area contributed by atoms with Crippen LogP contribution in [0.3, 0.4) is 0 Å². The van der Waals surface area contributed by atoms with E-state index in [1.54, 1.807) is 0 Å². The van der Waals surface area contributed by atoms with Gasteiger partial charge in [-0.3, -0.25) is 0 Å². The molecule has 2 atom stereocenters. The van der Waals surface area contributed by atoms with Gasteiger partial charge in [0.2, 0.25) is 0 Å². The van der Waals surface area contributed by atoms with Gasteiger partial charge in [0.1, 0.15) is 0 Å². The van der Waals surface area contributed by atoms with Crippen molar-refractivity contribution in [2.75, 3.05) is 0 Å². The lowest BCUT2D eigenvalue weighted by Crippen LogP contribution is -2.40. The largest absolute Gasteiger partial charge is 0.345 e. The van der Waals surface area contributed by atoms with Gasteiger partial charge in [-0.15, -0.1) is 12.4 Å². The van der Waals surface area contributed by atoms with E-state index in [1.807, 2.05) is 0 Å². The molecule has 0 spiro atoms. The van der Waals surface area contributed by atoms with Crippen LogP contribution in [0.4, 0.5) is 8.78 Å². The molecule has 0 heterocycles. The SMILES string of the molecule is Cl.NC1CCCCC1OC(F)F. The molecule has 2 nitrogen and oxygen atoms in total. The Labute approximate surface area is 76.9 Å². The minimum atomic E-state index is -2.68. The zero-order valence-corrected chi connectivity index (χ0v) is 7.53. The molecule has 0 amide bonds. The van der Waals surface area contributed by atoms with E-state index in [9.17, 15) is 8.78 Å². The molecule has 1 aliphatic rings. The third kappa shape index (κ3) is 3.65. The fourth-order valence-corrected chi connectivity index (χ4v) is 1.43. The maximum atomic E-state index is 11.7. The van der Waals surface area contributed by atoms with E-state index in [-0.39, 0.29) is 18.4 Å². The molecule has 0 aliphatic heterocycles. The first-order chi connectivity index (χ1) is 5.20. The van der Waals surface area contributed by atoms with Crippen LogP contribution in [0, 0.1) is 0 Å². The first-order valence-corrected chi connectivity index (χ1v) is 3.89. The molecule has 0 saturated heterocycles. The third-order valence-electron chi connectivity index (χ3n) is 2.03. The minimum Gasteiger partial charge on any atom is -0.325 e. The van der Waals surface area contributed by atoms with Crippen molar-refractivity contribution in [2.24, 2.45) is 5.73 Å². The number of hydrogen-bond donors (Lipinski definition) is 1. The van der Waals surface area contributed by atoms with E-state index in [0.29, 0.717) is 6.42 Å². The van der Waals surface area contributed by atoms with Gasteiger partial charge in [0.15, 0.2) is 0 Å². The number of nitrogens with two attached hydrogens (primary N) is 1. The average molecular weight is 202 g/mol. The Hall–Kier alpha value is 0.0700. The molecule has 0 aromatic heterocycles. The maximum absolute atomic E-state index is 11.7. The Morgan fingerprint density at radius 2 is 1.83 bits per heavy atom. The second-order valence-corrected chi connectivity index (χ2v) is 2.88. The van der Waals surface area contributed by atoms with Crippen molar-refractivity contribution < 1.29 is 13.5 Å². The van der Waals surface area contributed by atoms with Crippen LogP contribution in [-0.4, -0.2) is 18.8 Å². The van der Waals surface area contributed by atoms with Gasteiger partial charge in [0, 0.05) is 6.04 Å². The monoisotopic (exact) mass is 201 g/mol. The van der Waals surface area contributed by atoms with E-state index < -0.39 is 12.7 Å². The Bertz CT molecular complexity index is 126. The summed E-state index contributed by atoms with van der Waals surface area (Å²) in [7, 11) is 0. The van der Waals surface area contributed by atoms with Gasteiger partial charge in [-0.25, -0.2) is 0 Å². The summed E-state index contributed by atoms with van der Waals surface area (Å²) >= 11 is 0. The normalized spacial score (nSPS) is 30.0. The summed E-state index contributed by atoms with van der Waals surface area (Å²) in [5, 5.41) is 0. The second kappa shape index (κ2) is 5.67. The fraction of sp³-hybridized carbons (Fsp3) is 1.00. The molecule has 1 rings (SSSR count). The van der Waals surface area contributed by atoms with Gasteiger partial charge in [-0.05, 0) is 12.8 Å². The van der Waals surface area contributed by atoms with Crippen LogP contribution in [-0.2, 0) is 4.74 Å². The fourth-order valence-electron chi connectivity index (χ4n) is 1.43. The zero-order chi connectivity index (χ0) is 8.27. The Kier molecular flexibility index (Phi) is 5.70. The summed E-state index contributed by atoms with van der Waals surface area (Å²) in [5.41, 5.74) is 5.57. The van der Waals surface area contributed by atoms with E-state index in [2.05, 4.69) is 4.74 Å². The molecule has 0 bridgehead atoms. The summed E-state index contributed by atoms with van der Waals surface area (Å²) in [5.74, 6) is 0. The molecule has 1 aliphatic carbocycles. The number of halogens is 3.